The Bertz CT molecular complexity index is 336. The lowest BCUT2D eigenvalue weighted by atomic mass is 10.4. The minimum Gasteiger partial charge on any atom is -0.352 e. The van der Waals surface area contributed by atoms with Crippen LogP contribution < -0.4 is 0 Å². The normalized spacial score (nSPS) is 8.80. The predicted molar refractivity (Wildman–Crippen MR) is 41.4 cm³/mol. The third-order valence-corrected chi connectivity index (χ3v) is 1.85. The summed E-state index contributed by atoms with van der Waals surface area (Å²) < 4.78 is 0.497. The summed E-state index contributed by atoms with van der Waals surface area (Å²) in [6.07, 6.45) is 1.59. The highest BCUT2D eigenvalue weighted by Gasteiger charge is 1.97. The van der Waals surface area contributed by atoms with Gasteiger partial charge in [0.05, 0.1) is 9.53 Å². The van der Waals surface area contributed by atoms with E-state index in [9.17, 15) is 0 Å². The summed E-state index contributed by atoms with van der Waals surface area (Å²) in [4.78, 5) is 2.67. The van der Waals surface area contributed by atoms with Crippen molar-refractivity contribution in [1.29, 1.82) is 5.26 Å². The molecule has 0 fully saturated rings. The molecule has 50 valence electrons. The molecule has 4 heteroatoms. The van der Waals surface area contributed by atoms with Gasteiger partial charge in [-0.3, -0.25) is 0 Å². The summed E-state index contributed by atoms with van der Waals surface area (Å²) in [5.41, 5.74) is 0.314. The minimum absolute atomic E-state index is 0.314. The molecule has 1 aromatic heterocycles. The Hall–Kier alpha value is -0.850. The van der Waals surface area contributed by atoms with Crippen molar-refractivity contribution in [3.63, 3.8) is 0 Å². The zero-order chi connectivity index (χ0) is 7.56. The van der Waals surface area contributed by atoms with Crippen LogP contribution in [0.4, 0.5) is 0 Å². The lowest BCUT2D eigenvalue weighted by molar-refractivity contribution is 1.26. The number of rotatable bonds is 0. The van der Waals surface area contributed by atoms with Crippen molar-refractivity contribution in [1.82, 2.24) is 4.98 Å². The van der Waals surface area contributed by atoms with E-state index in [0.717, 1.165) is 0 Å². The molecule has 2 nitrogen and oxygen atoms in total. The molecule has 0 radical (unpaired) electrons. The highest BCUT2D eigenvalue weighted by atomic mass is 35.5. The lowest BCUT2D eigenvalue weighted by Gasteiger charge is -1.91. The van der Waals surface area contributed by atoms with E-state index in [0.29, 0.717) is 15.2 Å². The summed E-state index contributed by atoms with van der Waals surface area (Å²) in [6, 6.07) is 3.52. The molecule has 0 bridgehead atoms. The second-order valence-corrected chi connectivity index (χ2v) is 2.46. The Morgan fingerprint density at radius 3 is 2.90 bits per heavy atom. The smallest absolute Gasteiger partial charge is 0.137 e. The number of nitrogens with zero attached hydrogens (tertiary/aromatic N) is 1. The van der Waals surface area contributed by atoms with E-state index in [1.54, 1.807) is 12.3 Å². The molecule has 0 unspecified atom stereocenters. The number of hydrogen-bond acceptors (Lipinski definition) is 2. The fourth-order valence-corrected chi connectivity index (χ4v) is 0.872. The quantitative estimate of drug-likeness (QED) is 0.607. The number of aromatic amines is 1. The van der Waals surface area contributed by atoms with E-state index in [1.165, 1.54) is 0 Å². The zero-order valence-corrected chi connectivity index (χ0v) is 6.46. The van der Waals surface area contributed by atoms with Gasteiger partial charge in [-0.2, -0.15) is 5.26 Å². The molecular formula is C6H3ClN2S. The first-order chi connectivity index (χ1) is 4.75. The molecular weight excluding hydrogens is 168 g/mol. The van der Waals surface area contributed by atoms with Crippen LogP contribution in [0.25, 0.3) is 0 Å². The first-order valence-electron chi connectivity index (χ1n) is 2.53. The van der Waals surface area contributed by atoms with Gasteiger partial charge in [-0.1, -0.05) is 23.8 Å². The summed E-state index contributed by atoms with van der Waals surface area (Å²) >= 11 is 10.4. The number of nitriles is 1. The van der Waals surface area contributed by atoms with Crippen molar-refractivity contribution in [3.8, 4) is 6.07 Å². The zero-order valence-electron chi connectivity index (χ0n) is 4.89. The van der Waals surface area contributed by atoms with Crippen LogP contribution in [0.3, 0.4) is 0 Å². The van der Waals surface area contributed by atoms with Crippen molar-refractivity contribution in [2.24, 2.45) is 0 Å². The maximum absolute atomic E-state index is 8.43. The standard InChI is InChI=1S/C6H3ClN2S/c7-6-4(3-8)9-2-1-5(6)10/h1-2H,(H,9,10). The van der Waals surface area contributed by atoms with Gasteiger partial charge in [0.1, 0.15) is 11.8 Å². The Morgan fingerprint density at radius 1 is 1.70 bits per heavy atom. The highest BCUT2D eigenvalue weighted by molar-refractivity contribution is 7.71. The molecule has 0 saturated carbocycles. The van der Waals surface area contributed by atoms with E-state index >= 15 is 0 Å². The maximum atomic E-state index is 8.43. The van der Waals surface area contributed by atoms with Crippen LogP contribution in [-0.2, 0) is 0 Å². The number of nitrogens with one attached hydrogen (secondary N) is 1. The van der Waals surface area contributed by atoms with Crippen LogP contribution in [0, 0.1) is 15.8 Å². The van der Waals surface area contributed by atoms with E-state index < -0.39 is 0 Å². The summed E-state index contributed by atoms with van der Waals surface area (Å²) in [6.45, 7) is 0. The molecule has 0 atom stereocenters. The summed E-state index contributed by atoms with van der Waals surface area (Å²) in [5.74, 6) is 0. The Kier molecular flexibility index (Phi) is 2.05. The third-order valence-electron chi connectivity index (χ3n) is 1.01. The van der Waals surface area contributed by atoms with Gasteiger partial charge in [0.2, 0.25) is 0 Å². The molecule has 1 N–H and O–H groups in total. The first kappa shape index (κ1) is 7.26. The molecule has 0 aliphatic carbocycles. The van der Waals surface area contributed by atoms with E-state index in [-0.39, 0.29) is 0 Å². The van der Waals surface area contributed by atoms with Gasteiger partial charge in [-0.05, 0) is 6.07 Å². The highest BCUT2D eigenvalue weighted by Crippen LogP contribution is 2.12. The van der Waals surface area contributed by atoms with E-state index in [1.807, 2.05) is 6.07 Å². The topological polar surface area (TPSA) is 39.6 Å². The van der Waals surface area contributed by atoms with Crippen LogP contribution >= 0.6 is 23.8 Å². The van der Waals surface area contributed by atoms with Gasteiger partial charge >= 0.3 is 0 Å². The Labute approximate surface area is 68.1 Å². The average molecular weight is 171 g/mol. The SMILES string of the molecule is N#Cc1[nH]ccc(=S)c1Cl. The van der Waals surface area contributed by atoms with Gasteiger partial charge in [-0.25, -0.2) is 0 Å². The maximum Gasteiger partial charge on any atom is 0.137 e. The van der Waals surface area contributed by atoms with Crippen molar-refractivity contribution >= 4 is 23.8 Å². The molecule has 0 aliphatic rings. The van der Waals surface area contributed by atoms with Gasteiger partial charge in [0.25, 0.3) is 0 Å². The van der Waals surface area contributed by atoms with Gasteiger partial charge in [-0.15, -0.1) is 0 Å². The number of H-pyrrole nitrogens is 1. The van der Waals surface area contributed by atoms with Crippen LogP contribution in [0.5, 0.6) is 0 Å². The molecule has 0 aromatic carbocycles. The molecule has 0 spiro atoms. The summed E-state index contributed by atoms with van der Waals surface area (Å²) in [7, 11) is 0. The fourth-order valence-electron chi connectivity index (χ4n) is 0.542. The molecule has 10 heavy (non-hydrogen) atoms. The van der Waals surface area contributed by atoms with E-state index in [2.05, 4.69) is 4.98 Å². The number of halogens is 1. The second kappa shape index (κ2) is 2.82. The van der Waals surface area contributed by atoms with Crippen LogP contribution in [0.15, 0.2) is 12.3 Å². The fraction of sp³-hybridized carbons (Fsp3) is 0. The monoisotopic (exact) mass is 170 g/mol. The predicted octanol–water partition coefficient (Wildman–Crippen LogP) is 2.27. The van der Waals surface area contributed by atoms with Crippen LogP contribution in [0.2, 0.25) is 5.02 Å². The first-order valence-corrected chi connectivity index (χ1v) is 3.31. The summed E-state index contributed by atoms with van der Waals surface area (Å²) in [5, 5.41) is 8.75. The van der Waals surface area contributed by atoms with Gasteiger partial charge in [0, 0.05) is 6.20 Å². The molecule has 1 rings (SSSR count). The van der Waals surface area contributed by atoms with Gasteiger partial charge < -0.3 is 4.98 Å². The number of aromatic nitrogens is 1. The van der Waals surface area contributed by atoms with Crippen LogP contribution in [-0.4, -0.2) is 4.98 Å². The molecule has 1 heterocycles. The van der Waals surface area contributed by atoms with Crippen molar-refractivity contribution in [2.45, 2.75) is 0 Å². The van der Waals surface area contributed by atoms with Gasteiger partial charge in [0.15, 0.2) is 0 Å². The largest absolute Gasteiger partial charge is 0.352 e. The average Bonchev–Trinajstić information content (AvgIpc) is 1.95. The van der Waals surface area contributed by atoms with Crippen LogP contribution in [0.1, 0.15) is 5.69 Å². The van der Waals surface area contributed by atoms with Crippen molar-refractivity contribution < 1.29 is 0 Å². The third kappa shape index (κ3) is 1.18. The molecule has 1 aromatic rings. The lowest BCUT2D eigenvalue weighted by Crippen LogP contribution is -1.81. The minimum atomic E-state index is 0.314. The number of pyridine rings is 1. The molecule has 0 amide bonds. The van der Waals surface area contributed by atoms with Crippen molar-refractivity contribution in [2.75, 3.05) is 0 Å². The molecule has 0 saturated heterocycles. The van der Waals surface area contributed by atoms with E-state index in [4.69, 9.17) is 29.1 Å². The second-order valence-electron chi connectivity index (χ2n) is 1.64. The Morgan fingerprint density at radius 2 is 2.40 bits per heavy atom. The number of hydrogen-bond donors (Lipinski definition) is 1. The van der Waals surface area contributed by atoms with Crippen molar-refractivity contribution in [3.05, 3.63) is 27.5 Å². The Balaban J connectivity index is 3.46. The molecule has 0 aliphatic heterocycles.